The van der Waals surface area contributed by atoms with E-state index in [2.05, 4.69) is 52.8 Å². The lowest BCUT2D eigenvalue weighted by molar-refractivity contribution is 0.782. The lowest BCUT2D eigenvalue weighted by atomic mass is 10.1. The van der Waals surface area contributed by atoms with Crippen molar-refractivity contribution in [1.82, 2.24) is 9.78 Å². The van der Waals surface area contributed by atoms with Gasteiger partial charge in [0, 0.05) is 21.7 Å². The number of aromatic nitrogens is 2. The van der Waals surface area contributed by atoms with E-state index in [4.69, 9.17) is 5.73 Å². The van der Waals surface area contributed by atoms with Crippen LogP contribution in [0.1, 0.15) is 11.1 Å². The zero-order chi connectivity index (χ0) is 11.9. The number of aryl methyl sites for hydroxylation is 2. The third kappa shape index (κ3) is 1.71. The summed E-state index contributed by atoms with van der Waals surface area (Å²) in [6, 6.07) is 6.24. The number of hydrogen-bond donors (Lipinski definition) is 1. The van der Waals surface area contributed by atoms with Crippen LogP contribution in [0.2, 0.25) is 0 Å². The highest BCUT2D eigenvalue weighted by Gasteiger charge is 2.14. The van der Waals surface area contributed by atoms with Gasteiger partial charge in [-0.3, -0.25) is 4.68 Å². The molecule has 1 heterocycles. The van der Waals surface area contributed by atoms with Gasteiger partial charge in [-0.15, -0.1) is 0 Å². The molecule has 0 radical (unpaired) electrons. The van der Waals surface area contributed by atoms with Gasteiger partial charge in [-0.25, -0.2) is 0 Å². The fraction of sp³-hybridized carbons (Fsp3) is 0.250. The van der Waals surface area contributed by atoms with Crippen LogP contribution in [0.4, 0.5) is 5.82 Å². The maximum Gasteiger partial charge on any atom is 0.124 e. The topological polar surface area (TPSA) is 43.8 Å². The van der Waals surface area contributed by atoms with E-state index in [1.54, 1.807) is 4.68 Å². The number of benzene rings is 1. The minimum Gasteiger partial charge on any atom is -0.384 e. The zero-order valence-corrected chi connectivity index (χ0v) is 11.7. The fourth-order valence-electron chi connectivity index (χ4n) is 1.73. The first-order valence-corrected chi connectivity index (χ1v) is 6.14. The Labute approximate surface area is 109 Å². The van der Waals surface area contributed by atoms with E-state index in [0.717, 1.165) is 22.6 Å². The van der Waals surface area contributed by atoms with E-state index in [1.807, 2.05) is 14.0 Å². The van der Waals surface area contributed by atoms with Crippen molar-refractivity contribution < 1.29 is 0 Å². The molecule has 0 saturated carbocycles. The van der Waals surface area contributed by atoms with Gasteiger partial charge < -0.3 is 5.73 Å². The van der Waals surface area contributed by atoms with Gasteiger partial charge in [0.05, 0.1) is 5.69 Å². The lowest BCUT2D eigenvalue weighted by Crippen LogP contribution is -1.97. The number of halogens is 1. The number of nitrogen functional groups attached to an aromatic ring is 1. The van der Waals surface area contributed by atoms with E-state index in [0.29, 0.717) is 0 Å². The fourth-order valence-corrected chi connectivity index (χ4v) is 2.34. The molecule has 3 nitrogen and oxygen atoms in total. The van der Waals surface area contributed by atoms with Crippen LogP contribution < -0.4 is 5.73 Å². The molecule has 0 bridgehead atoms. The molecule has 0 fully saturated rings. The predicted molar refractivity (Wildman–Crippen MR) is 75.2 cm³/mol. The van der Waals surface area contributed by atoms with E-state index < -0.39 is 0 Å². The van der Waals surface area contributed by atoms with Crippen LogP contribution in [0.5, 0.6) is 0 Å². The van der Waals surface area contributed by atoms with E-state index in [-0.39, 0.29) is 0 Å². The van der Waals surface area contributed by atoms with Crippen molar-refractivity contribution in [2.24, 2.45) is 7.05 Å². The Bertz CT molecular complexity index is 543. The second kappa shape index (κ2) is 4.08. The van der Waals surface area contributed by atoms with Crippen molar-refractivity contribution in [3.8, 4) is 11.3 Å². The number of hydrogen-bond acceptors (Lipinski definition) is 2. The van der Waals surface area contributed by atoms with Crippen molar-refractivity contribution in [3.05, 3.63) is 32.9 Å². The summed E-state index contributed by atoms with van der Waals surface area (Å²) >= 11 is 2.36. The number of anilines is 1. The molecule has 4 heteroatoms. The van der Waals surface area contributed by atoms with Gasteiger partial charge in [0.1, 0.15) is 5.82 Å². The second-order valence-corrected chi connectivity index (χ2v) is 5.00. The first kappa shape index (κ1) is 11.4. The van der Waals surface area contributed by atoms with Gasteiger partial charge in [0.2, 0.25) is 0 Å². The van der Waals surface area contributed by atoms with Crippen LogP contribution >= 0.6 is 22.6 Å². The molecule has 0 amide bonds. The maximum atomic E-state index is 5.93. The molecule has 84 valence electrons. The molecule has 2 aromatic rings. The molecule has 0 atom stereocenters. The first-order valence-electron chi connectivity index (χ1n) is 5.07. The van der Waals surface area contributed by atoms with E-state index in [1.165, 1.54) is 9.13 Å². The van der Waals surface area contributed by atoms with Crippen LogP contribution in [-0.2, 0) is 7.05 Å². The van der Waals surface area contributed by atoms with Crippen LogP contribution in [0.3, 0.4) is 0 Å². The quantitative estimate of drug-likeness (QED) is 0.819. The average Bonchev–Trinajstić information content (AvgIpc) is 2.50. The first-order chi connectivity index (χ1) is 7.52. The largest absolute Gasteiger partial charge is 0.384 e. The van der Waals surface area contributed by atoms with Gasteiger partial charge in [0.15, 0.2) is 0 Å². The highest BCUT2D eigenvalue weighted by molar-refractivity contribution is 14.1. The highest BCUT2D eigenvalue weighted by Crippen LogP contribution is 2.30. The summed E-state index contributed by atoms with van der Waals surface area (Å²) in [5, 5.41) is 4.47. The van der Waals surface area contributed by atoms with Gasteiger partial charge >= 0.3 is 0 Å². The summed E-state index contributed by atoms with van der Waals surface area (Å²) in [6.07, 6.45) is 0. The summed E-state index contributed by atoms with van der Waals surface area (Å²) < 4.78 is 2.96. The molecule has 16 heavy (non-hydrogen) atoms. The summed E-state index contributed by atoms with van der Waals surface area (Å²) in [6.45, 7) is 4.11. The Morgan fingerprint density at radius 2 is 2.00 bits per heavy atom. The SMILES string of the molecule is Cc1cccc(-c2nn(C)c(N)c2C)c1I. The zero-order valence-electron chi connectivity index (χ0n) is 9.58. The Kier molecular flexibility index (Phi) is 2.92. The molecular formula is C12H14IN3. The minimum atomic E-state index is 0.729. The standard InChI is InChI=1S/C12H14IN3/c1-7-5-4-6-9(10(7)13)11-8(2)12(14)16(3)15-11/h4-6H,14H2,1-3H3. The summed E-state index contributed by atoms with van der Waals surface area (Å²) in [4.78, 5) is 0. The molecule has 2 N–H and O–H groups in total. The summed E-state index contributed by atoms with van der Waals surface area (Å²) in [5.74, 6) is 0.729. The molecule has 0 saturated heterocycles. The van der Waals surface area contributed by atoms with Gasteiger partial charge in [-0.2, -0.15) is 5.10 Å². The Morgan fingerprint density at radius 1 is 1.31 bits per heavy atom. The lowest BCUT2D eigenvalue weighted by Gasteiger charge is -2.05. The van der Waals surface area contributed by atoms with Crippen LogP contribution in [0.25, 0.3) is 11.3 Å². The smallest absolute Gasteiger partial charge is 0.124 e. The number of rotatable bonds is 1. The Hall–Kier alpha value is -1.04. The highest BCUT2D eigenvalue weighted by atomic mass is 127. The Balaban J connectivity index is 2.68. The normalized spacial score (nSPS) is 10.8. The summed E-state index contributed by atoms with van der Waals surface area (Å²) in [5.41, 5.74) is 10.4. The van der Waals surface area contributed by atoms with Crippen molar-refractivity contribution in [2.45, 2.75) is 13.8 Å². The third-order valence-electron chi connectivity index (χ3n) is 2.78. The molecule has 1 aromatic carbocycles. The van der Waals surface area contributed by atoms with Crippen molar-refractivity contribution >= 4 is 28.4 Å². The average molecular weight is 327 g/mol. The number of nitrogens with two attached hydrogens (primary N) is 1. The molecular weight excluding hydrogens is 313 g/mol. The monoisotopic (exact) mass is 327 g/mol. The second-order valence-electron chi connectivity index (χ2n) is 3.92. The third-order valence-corrected chi connectivity index (χ3v) is 4.22. The predicted octanol–water partition coefficient (Wildman–Crippen LogP) is 2.89. The van der Waals surface area contributed by atoms with Gasteiger partial charge in [-0.05, 0) is 42.0 Å². The van der Waals surface area contributed by atoms with Crippen molar-refractivity contribution in [1.29, 1.82) is 0 Å². The molecule has 0 unspecified atom stereocenters. The molecule has 0 spiro atoms. The van der Waals surface area contributed by atoms with Gasteiger partial charge in [-0.1, -0.05) is 18.2 Å². The molecule has 0 aliphatic heterocycles. The molecule has 0 aliphatic carbocycles. The van der Waals surface area contributed by atoms with E-state index >= 15 is 0 Å². The van der Waals surface area contributed by atoms with Gasteiger partial charge in [0.25, 0.3) is 0 Å². The van der Waals surface area contributed by atoms with Crippen LogP contribution in [-0.4, -0.2) is 9.78 Å². The number of nitrogens with zero attached hydrogens (tertiary/aromatic N) is 2. The molecule has 1 aromatic heterocycles. The van der Waals surface area contributed by atoms with Crippen molar-refractivity contribution in [2.75, 3.05) is 5.73 Å². The molecule has 2 rings (SSSR count). The van der Waals surface area contributed by atoms with E-state index in [9.17, 15) is 0 Å². The minimum absolute atomic E-state index is 0.729. The van der Waals surface area contributed by atoms with Crippen LogP contribution in [0, 0.1) is 17.4 Å². The maximum absolute atomic E-state index is 5.93. The van der Waals surface area contributed by atoms with Crippen molar-refractivity contribution in [3.63, 3.8) is 0 Å². The Morgan fingerprint density at radius 3 is 2.56 bits per heavy atom. The molecule has 0 aliphatic rings. The summed E-state index contributed by atoms with van der Waals surface area (Å²) in [7, 11) is 1.87. The van der Waals surface area contributed by atoms with Crippen LogP contribution in [0.15, 0.2) is 18.2 Å².